The van der Waals surface area contributed by atoms with E-state index in [-0.39, 0.29) is 53.0 Å². The molecule has 1 fully saturated rings. The summed E-state index contributed by atoms with van der Waals surface area (Å²) in [5.41, 5.74) is 3.49. The van der Waals surface area contributed by atoms with Crippen molar-refractivity contribution < 1.29 is 37.1 Å². The van der Waals surface area contributed by atoms with E-state index < -0.39 is 27.8 Å². The summed E-state index contributed by atoms with van der Waals surface area (Å²) in [6, 6.07) is 20.2. The molecule has 0 bridgehead atoms. The van der Waals surface area contributed by atoms with Crippen LogP contribution in [0, 0.1) is 0 Å². The Labute approximate surface area is 311 Å². The molecule has 1 saturated heterocycles. The predicted molar refractivity (Wildman–Crippen MR) is 201 cm³/mol. The number of unbranched alkanes of at least 4 members (excludes halogenated alkanes) is 2. The van der Waals surface area contributed by atoms with E-state index in [1.807, 2.05) is 12.1 Å². The highest BCUT2D eigenvalue weighted by molar-refractivity contribution is 7.89. The summed E-state index contributed by atoms with van der Waals surface area (Å²) in [6.07, 6.45) is 3.43. The molecule has 3 aliphatic heterocycles. The van der Waals surface area contributed by atoms with Gasteiger partial charge in [-0.05, 0) is 85.8 Å². The number of fused-ring (bicyclic) bond motifs is 3. The molecule has 54 heavy (non-hydrogen) atoms. The Morgan fingerprint density at radius 1 is 0.889 bits per heavy atom. The number of hydrogen-bond donors (Lipinski definition) is 3. The van der Waals surface area contributed by atoms with Gasteiger partial charge in [0.05, 0.1) is 16.1 Å². The monoisotopic (exact) mass is 750 g/mol. The van der Waals surface area contributed by atoms with Gasteiger partial charge in [-0.25, -0.2) is 8.42 Å². The van der Waals surface area contributed by atoms with E-state index in [1.54, 1.807) is 30.3 Å². The van der Waals surface area contributed by atoms with Crippen LogP contribution < -0.4 is 21.0 Å². The molecule has 14 heteroatoms. The first kappa shape index (κ1) is 36.5. The summed E-state index contributed by atoms with van der Waals surface area (Å²) >= 11 is 0. The van der Waals surface area contributed by atoms with Crippen LogP contribution in [-0.4, -0.2) is 74.1 Å². The molecule has 278 valence electrons. The standard InChI is InChI=1S/C40H38N4O9S/c1-43-33-17-14-29(22-32(33)38(48)40(43)50)54(51,52)44-19-5-6-26(44)23-42-36(47)7-3-2-4-18-41-39(49)25-10-8-24(9-11-25)37-30-15-12-27(45)20-34(30)53-35-21-28(46)13-16-31(35)37/h8-17,20-22,26,45H,2-7,18-19,23H2,1H3,(H,41,49)(H,42,47)/t26-/m0/s1. The Morgan fingerprint density at radius 3 is 2.48 bits per heavy atom. The summed E-state index contributed by atoms with van der Waals surface area (Å²) in [7, 11) is -2.49. The van der Waals surface area contributed by atoms with Crippen LogP contribution >= 0.6 is 0 Å². The highest BCUT2D eigenvalue weighted by Crippen LogP contribution is 2.40. The SMILES string of the molecule is CN1C(=O)C(=O)c2cc(S(=O)(=O)N3CCC[C@H]3CNC(=O)CCCCCNC(=O)c3ccc(-c4c5ccc(=O)cc-5oc5cc(O)ccc45)cc3)ccc21. The van der Waals surface area contributed by atoms with Gasteiger partial charge in [-0.2, -0.15) is 4.31 Å². The Balaban J connectivity index is 0.866. The number of amides is 3. The van der Waals surface area contributed by atoms with Crippen LogP contribution in [0.3, 0.4) is 0 Å². The number of sulfonamides is 1. The zero-order chi connectivity index (χ0) is 38.1. The molecule has 3 heterocycles. The van der Waals surface area contributed by atoms with Gasteiger partial charge in [-0.1, -0.05) is 18.6 Å². The van der Waals surface area contributed by atoms with Gasteiger partial charge in [0.2, 0.25) is 15.9 Å². The number of aromatic hydroxyl groups is 1. The van der Waals surface area contributed by atoms with Crippen LogP contribution in [-0.2, 0) is 19.6 Å². The number of carbonyl (C=O) groups excluding carboxylic acids is 4. The lowest BCUT2D eigenvalue weighted by atomic mass is 9.93. The minimum absolute atomic E-state index is 0.0371. The molecule has 13 nitrogen and oxygen atoms in total. The molecule has 7 rings (SSSR count). The van der Waals surface area contributed by atoms with Gasteiger partial charge in [-0.3, -0.25) is 24.0 Å². The number of ketones is 1. The highest BCUT2D eigenvalue weighted by atomic mass is 32.2. The number of benzene rings is 4. The normalized spacial score (nSPS) is 15.9. The summed E-state index contributed by atoms with van der Waals surface area (Å²) in [5.74, 6) is -1.44. The molecule has 0 spiro atoms. The lowest BCUT2D eigenvalue weighted by molar-refractivity contribution is -0.121. The lowest BCUT2D eigenvalue weighted by Gasteiger charge is -2.24. The second-order valence-corrected chi connectivity index (χ2v) is 15.4. The van der Waals surface area contributed by atoms with E-state index in [4.69, 9.17) is 4.42 Å². The summed E-state index contributed by atoms with van der Waals surface area (Å²) in [4.78, 5) is 63.1. The molecular weight excluding hydrogens is 713 g/mol. The smallest absolute Gasteiger partial charge is 0.299 e. The summed E-state index contributed by atoms with van der Waals surface area (Å²) < 4.78 is 34.3. The van der Waals surface area contributed by atoms with Crippen molar-refractivity contribution in [2.45, 2.75) is 49.5 Å². The van der Waals surface area contributed by atoms with Gasteiger partial charge in [0.15, 0.2) is 5.43 Å². The topological polar surface area (TPSA) is 183 Å². The third-order valence-electron chi connectivity index (χ3n) is 10.0. The number of phenols is 1. The number of likely N-dealkylation sites (N-methyl/N-ethyl adjacent to an activating group) is 1. The van der Waals surface area contributed by atoms with Gasteiger partial charge < -0.3 is 25.1 Å². The van der Waals surface area contributed by atoms with Gasteiger partial charge in [0.1, 0.15) is 17.1 Å². The maximum absolute atomic E-state index is 13.5. The molecule has 3 amide bonds. The Kier molecular flexibility index (Phi) is 10.1. The van der Waals surface area contributed by atoms with E-state index >= 15 is 0 Å². The van der Waals surface area contributed by atoms with Crippen molar-refractivity contribution in [2.75, 3.05) is 31.6 Å². The molecule has 1 atom stereocenters. The van der Waals surface area contributed by atoms with Crippen LogP contribution in [0.5, 0.6) is 5.75 Å². The number of nitrogens with zero attached hydrogens (tertiary/aromatic N) is 2. The predicted octanol–water partition coefficient (Wildman–Crippen LogP) is 4.69. The van der Waals surface area contributed by atoms with Gasteiger partial charge in [-0.15, -0.1) is 0 Å². The molecule has 0 unspecified atom stereocenters. The first-order valence-electron chi connectivity index (χ1n) is 17.8. The molecule has 4 aliphatic rings. The summed E-state index contributed by atoms with van der Waals surface area (Å²) in [5, 5.41) is 16.5. The van der Waals surface area contributed by atoms with Gasteiger partial charge in [0, 0.05) is 73.4 Å². The van der Waals surface area contributed by atoms with Crippen LogP contribution in [0.4, 0.5) is 5.69 Å². The number of Topliss-reactive ketones (excluding diaryl/α,β-unsaturated/α-hetero) is 1. The molecule has 3 aromatic carbocycles. The number of nitrogens with one attached hydrogen (secondary N) is 2. The Morgan fingerprint density at radius 2 is 1.69 bits per heavy atom. The largest absolute Gasteiger partial charge is 0.508 e. The van der Waals surface area contributed by atoms with E-state index in [0.29, 0.717) is 61.2 Å². The van der Waals surface area contributed by atoms with Crippen molar-refractivity contribution in [1.29, 1.82) is 0 Å². The molecule has 0 saturated carbocycles. The minimum atomic E-state index is -3.96. The maximum atomic E-state index is 13.5. The third-order valence-corrected chi connectivity index (χ3v) is 12.0. The number of hydrogen-bond acceptors (Lipinski definition) is 9. The minimum Gasteiger partial charge on any atom is -0.508 e. The van der Waals surface area contributed by atoms with Crippen LogP contribution in [0.1, 0.15) is 59.2 Å². The lowest BCUT2D eigenvalue weighted by Crippen LogP contribution is -2.43. The van der Waals surface area contributed by atoms with Crippen LogP contribution in [0.15, 0.2) is 93.0 Å². The van der Waals surface area contributed by atoms with Crippen molar-refractivity contribution in [1.82, 2.24) is 14.9 Å². The fourth-order valence-corrected chi connectivity index (χ4v) is 8.88. The molecule has 3 aromatic rings. The van der Waals surface area contributed by atoms with Crippen molar-refractivity contribution in [3.8, 4) is 28.2 Å². The fraction of sp³-hybridized carbons (Fsp3) is 0.275. The second-order valence-electron chi connectivity index (χ2n) is 13.5. The van der Waals surface area contributed by atoms with E-state index in [0.717, 1.165) is 22.1 Å². The number of anilines is 1. The number of phenolic OH excluding ortho intramolecular Hbond substituents is 1. The average molecular weight is 751 g/mol. The van der Waals surface area contributed by atoms with E-state index in [9.17, 15) is 37.5 Å². The summed E-state index contributed by atoms with van der Waals surface area (Å²) in [6.45, 7) is 0.873. The number of carbonyl (C=O) groups is 4. The molecule has 1 aliphatic carbocycles. The Bertz CT molecular complexity index is 2440. The van der Waals surface area contributed by atoms with Crippen molar-refractivity contribution in [3.63, 3.8) is 0 Å². The zero-order valence-electron chi connectivity index (χ0n) is 29.5. The second kappa shape index (κ2) is 14.9. The highest BCUT2D eigenvalue weighted by Gasteiger charge is 2.38. The van der Waals surface area contributed by atoms with Crippen molar-refractivity contribution >= 4 is 50.2 Å². The quantitative estimate of drug-likeness (QED) is 0.0926. The molecule has 3 N–H and O–H groups in total. The molecular formula is C40H38N4O9S. The number of rotatable bonds is 12. The zero-order valence-corrected chi connectivity index (χ0v) is 30.3. The first-order valence-corrected chi connectivity index (χ1v) is 19.2. The van der Waals surface area contributed by atoms with Crippen molar-refractivity contribution in [3.05, 3.63) is 100 Å². The van der Waals surface area contributed by atoms with Crippen molar-refractivity contribution in [2.24, 2.45) is 0 Å². The maximum Gasteiger partial charge on any atom is 0.299 e. The van der Waals surface area contributed by atoms with E-state index in [1.165, 1.54) is 52.7 Å². The fourth-order valence-electron chi connectivity index (χ4n) is 7.16. The first-order chi connectivity index (χ1) is 25.9. The van der Waals surface area contributed by atoms with Crippen LogP contribution in [0.25, 0.3) is 33.4 Å². The molecule has 0 radical (unpaired) electrons. The Hall–Kier alpha value is -5.86. The molecule has 0 aromatic heterocycles. The van der Waals surface area contributed by atoms with Crippen LogP contribution in [0.2, 0.25) is 0 Å². The van der Waals surface area contributed by atoms with E-state index in [2.05, 4.69) is 10.6 Å². The average Bonchev–Trinajstić information content (AvgIpc) is 3.73. The third kappa shape index (κ3) is 7.09. The van der Waals surface area contributed by atoms with Gasteiger partial charge >= 0.3 is 0 Å². The van der Waals surface area contributed by atoms with Gasteiger partial charge in [0.25, 0.3) is 17.6 Å².